The molecule has 4 unspecified atom stereocenters. The summed E-state index contributed by atoms with van der Waals surface area (Å²) in [7, 11) is 2.57. The van der Waals surface area contributed by atoms with Crippen molar-refractivity contribution in [3.63, 3.8) is 0 Å². The van der Waals surface area contributed by atoms with E-state index in [2.05, 4.69) is 53.8 Å². The van der Waals surface area contributed by atoms with Crippen molar-refractivity contribution >= 4 is 35.0 Å². The highest BCUT2D eigenvalue weighted by Gasteiger charge is 2.39. The van der Waals surface area contributed by atoms with Gasteiger partial charge in [0, 0.05) is 24.2 Å². The molecular weight excluding hydrogens is 729 g/mol. The van der Waals surface area contributed by atoms with Crippen LogP contribution in [-0.2, 0) is 19.1 Å². The molecule has 4 atom stereocenters. The van der Waals surface area contributed by atoms with Crippen molar-refractivity contribution in [3.8, 4) is 33.6 Å². The molecule has 2 aliphatic rings. The van der Waals surface area contributed by atoms with Crippen molar-refractivity contribution < 1.29 is 28.7 Å². The van der Waals surface area contributed by atoms with Crippen LogP contribution in [0.4, 0.5) is 9.59 Å². The molecule has 0 saturated carbocycles. The lowest BCUT2D eigenvalue weighted by molar-refractivity contribution is -0.136. The molecule has 2 saturated heterocycles. The van der Waals surface area contributed by atoms with Crippen LogP contribution in [0.3, 0.4) is 0 Å². The Labute approximate surface area is 330 Å². The average molecular weight is 779 g/mol. The Bertz CT molecular complexity index is 2240. The zero-order chi connectivity index (χ0) is 40.4. The highest BCUT2D eigenvalue weighted by molar-refractivity contribution is 6.00. The molecule has 16 nitrogen and oxygen atoms in total. The molecule has 16 heteroatoms. The van der Waals surface area contributed by atoms with Gasteiger partial charge in [-0.05, 0) is 54.7 Å². The van der Waals surface area contributed by atoms with Crippen molar-refractivity contribution in [2.75, 3.05) is 27.3 Å². The number of alkyl carbamates (subject to hydrolysis) is 2. The topological polar surface area (TPSA) is 203 Å². The number of imidazole rings is 3. The normalized spacial score (nSPS) is 18.0. The van der Waals surface area contributed by atoms with E-state index in [1.54, 1.807) is 28.5 Å². The Morgan fingerprint density at radius 2 is 1.18 bits per heavy atom. The maximum absolute atomic E-state index is 13.6. The van der Waals surface area contributed by atoms with Gasteiger partial charge in [0.15, 0.2) is 0 Å². The number of rotatable bonds is 11. The summed E-state index contributed by atoms with van der Waals surface area (Å²) in [4.78, 5) is 79.1. The standard InChI is InChI=1S/C41H50N10O6/c1-22(2)32(48-40(54)56-5)38(52)50-17-7-9-30(50)36-42-19-28(46-36)25-13-11-24(12-14-25)26-15-16-27(35-34(26)44-21-45-35)29-20-43-37(47-29)31-10-8-18-51(31)39(53)33(23(3)4)49-41(55)57-6/h11-16,19-23,30-33H,7-10,17-18H2,1-6H3,(H,42,46)(H,43,47)(H,44,45)(H,48,54)(H,49,55). The third-order valence-electron chi connectivity index (χ3n) is 11.1. The van der Waals surface area contributed by atoms with Gasteiger partial charge in [-0.1, -0.05) is 58.0 Å². The van der Waals surface area contributed by atoms with E-state index in [9.17, 15) is 19.2 Å². The number of aromatic nitrogens is 6. The van der Waals surface area contributed by atoms with Crippen LogP contribution in [0.15, 0.2) is 55.1 Å². The highest BCUT2D eigenvalue weighted by atomic mass is 16.5. The van der Waals surface area contributed by atoms with E-state index in [0.717, 1.165) is 70.4 Å². The number of hydrogen-bond donors (Lipinski definition) is 5. The van der Waals surface area contributed by atoms with Gasteiger partial charge in [0.25, 0.3) is 0 Å². The van der Waals surface area contributed by atoms with E-state index < -0.39 is 24.3 Å². The van der Waals surface area contributed by atoms with Crippen molar-refractivity contribution in [2.24, 2.45) is 11.8 Å². The molecule has 4 amide bonds. The summed E-state index contributed by atoms with van der Waals surface area (Å²) >= 11 is 0. The van der Waals surface area contributed by atoms with Crippen LogP contribution in [0, 0.1) is 11.8 Å². The lowest BCUT2D eigenvalue weighted by atomic mass is 9.99. The number of ether oxygens (including phenoxy) is 2. The molecule has 2 aliphatic heterocycles. The molecule has 5 aromatic rings. The van der Waals surface area contributed by atoms with E-state index in [4.69, 9.17) is 14.5 Å². The monoisotopic (exact) mass is 778 g/mol. The molecule has 57 heavy (non-hydrogen) atoms. The van der Waals surface area contributed by atoms with E-state index >= 15 is 0 Å². The van der Waals surface area contributed by atoms with Crippen molar-refractivity contribution in [2.45, 2.75) is 77.5 Å². The number of likely N-dealkylation sites (tertiary alicyclic amines) is 2. The number of H-pyrrole nitrogens is 3. The van der Waals surface area contributed by atoms with E-state index in [1.165, 1.54) is 14.2 Å². The van der Waals surface area contributed by atoms with Crippen molar-refractivity contribution in [3.05, 3.63) is 66.8 Å². The van der Waals surface area contributed by atoms with Crippen molar-refractivity contribution in [1.82, 2.24) is 50.3 Å². The maximum atomic E-state index is 13.6. The van der Waals surface area contributed by atoms with E-state index in [1.807, 2.05) is 45.9 Å². The third kappa shape index (κ3) is 7.80. The number of benzene rings is 2. The molecule has 300 valence electrons. The minimum absolute atomic E-state index is 0.115. The predicted molar refractivity (Wildman–Crippen MR) is 212 cm³/mol. The fraction of sp³-hybridized carbons (Fsp3) is 0.439. The lowest BCUT2D eigenvalue weighted by Crippen LogP contribution is -2.51. The maximum Gasteiger partial charge on any atom is 0.407 e. The number of methoxy groups -OCH3 is 2. The molecule has 5 heterocycles. The van der Waals surface area contributed by atoms with Gasteiger partial charge in [-0.2, -0.15) is 0 Å². The van der Waals surface area contributed by atoms with Crippen molar-refractivity contribution in [1.29, 1.82) is 0 Å². The molecule has 5 N–H and O–H groups in total. The van der Waals surface area contributed by atoms with Crippen LogP contribution in [-0.4, -0.2) is 103 Å². The molecular formula is C41H50N10O6. The Hall–Kier alpha value is -6.19. The zero-order valence-electron chi connectivity index (χ0n) is 33.1. The second kappa shape index (κ2) is 16.5. The first-order valence-corrected chi connectivity index (χ1v) is 19.5. The fourth-order valence-electron chi connectivity index (χ4n) is 8.00. The first-order chi connectivity index (χ1) is 27.5. The van der Waals surface area contributed by atoms with Crippen LogP contribution >= 0.6 is 0 Å². The minimum Gasteiger partial charge on any atom is -0.453 e. The summed E-state index contributed by atoms with van der Waals surface area (Å²) in [5, 5.41) is 5.39. The van der Waals surface area contributed by atoms with Crippen LogP contribution < -0.4 is 10.6 Å². The Morgan fingerprint density at radius 1 is 0.684 bits per heavy atom. The molecule has 2 fully saturated rings. The number of carbonyl (C=O) groups is 4. The predicted octanol–water partition coefficient (Wildman–Crippen LogP) is 6.10. The summed E-state index contributed by atoms with van der Waals surface area (Å²) in [6.45, 7) is 8.73. The second-order valence-corrected chi connectivity index (χ2v) is 15.3. The molecule has 3 aromatic heterocycles. The third-order valence-corrected chi connectivity index (χ3v) is 11.1. The quantitative estimate of drug-likeness (QED) is 0.105. The van der Waals surface area contributed by atoms with E-state index in [0.29, 0.717) is 24.7 Å². The number of aromatic amines is 3. The Balaban J connectivity index is 1.07. The van der Waals surface area contributed by atoms with Gasteiger partial charge in [-0.3, -0.25) is 9.59 Å². The second-order valence-electron chi connectivity index (χ2n) is 15.3. The Kier molecular flexibility index (Phi) is 11.3. The number of nitrogens with one attached hydrogen (secondary N) is 5. The smallest absolute Gasteiger partial charge is 0.407 e. The lowest BCUT2D eigenvalue weighted by Gasteiger charge is -2.30. The average Bonchev–Trinajstić information content (AvgIpc) is 4.07. The first kappa shape index (κ1) is 39.1. The zero-order valence-corrected chi connectivity index (χ0v) is 33.1. The van der Waals surface area contributed by atoms with Crippen LogP contribution in [0.5, 0.6) is 0 Å². The summed E-state index contributed by atoms with van der Waals surface area (Å²) in [6.07, 6.45) is 7.17. The van der Waals surface area contributed by atoms with Gasteiger partial charge in [0.2, 0.25) is 11.8 Å². The molecule has 2 aromatic carbocycles. The molecule has 0 spiro atoms. The largest absolute Gasteiger partial charge is 0.453 e. The van der Waals surface area contributed by atoms with E-state index in [-0.39, 0.29) is 35.7 Å². The van der Waals surface area contributed by atoms with Crippen LogP contribution in [0.25, 0.3) is 44.7 Å². The number of nitrogens with zero attached hydrogens (tertiary/aromatic N) is 5. The first-order valence-electron chi connectivity index (χ1n) is 19.5. The van der Waals surface area contributed by atoms with Gasteiger partial charge in [0.05, 0.1) is 67.4 Å². The number of hydrogen-bond acceptors (Lipinski definition) is 9. The Morgan fingerprint density at radius 3 is 1.70 bits per heavy atom. The van der Waals surface area contributed by atoms with Crippen LogP contribution in [0.2, 0.25) is 0 Å². The van der Waals surface area contributed by atoms with Crippen LogP contribution in [0.1, 0.15) is 77.1 Å². The number of carbonyl (C=O) groups excluding carboxylic acids is 4. The molecule has 0 radical (unpaired) electrons. The van der Waals surface area contributed by atoms with Gasteiger partial charge in [0.1, 0.15) is 23.7 Å². The van der Waals surface area contributed by atoms with Gasteiger partial charge in [-0.15, -0.1) is 0 Å². The molecule has 7 rings (SSSR count). The summed E-state index contributed by atoms with van der Waals surface area (Å²) in [6, 6.07) is 10.4. The SMILES string of the molecule is COC(=O)NC(C(=O)N1CCCC1c1ncc(-c2ccc(-c3ccc(-c4cnc(C5CCCN5C(=O)C(NC(=O)OC)C(C)C)[nH]4)c4nc[nH]c34)cc2)[nH]1)C(C)C. The summed E-state index contributed by atoms with van der Waals surface area (Å²) < 4.78 is 9.53. The number of fused-ring (bicyclic) bond motifs is 1. The van der Waals surface area contributed by atoms with Gasteiger partial charge < -0.3 is 44.9 Å². The minimum atomic E-state index is -0.711. The fourth-order valence-corrected chi connectivity index (χ4v) is 8.00. The van der Waals surface area contributed by atoms with Gasteiger partial charge in [-0.25, -0.2) is 24.5 Å². The summed E-state index contributed by atoms with van der Waals surface area (Å²) in [5.41, 5.74) is 7.07. The molecule has 0 aliphatic carbocycles. The van der Waals surface area contributed by atoms with Gasteiger partial charge >= 0.3 is 12.2 Å². The molecule has 0 bridgehead atoms. The summed E-state index contributed by atoms with van der Waals surface area (Å²) in [5.74, 6) is 0.843. The highest BCUT2D eigenvalue weighted by Crippen LogP contribution is 2.37. The number of amides is 4.